The highest BCUT2D eigenvalue weighted by atomic mass is 15.2. The summed E-state index contributed by atoms with van der Waals surface area (Å²) in [5, 5.41) is 0. The van der Waals surface area contributed by atoms with Gasteiger partial charge in [-0.25, -0.2) is 0 Å². The van der Waals surface area contributed by atoms with Gasteiger partial charge in [-0.05, 0) is 56.5 Å². The van der Waals surface area contributed by atoms with Crippen molar-refractivity contribution >= 4 is 0 Å². The van der Waals surface area contributed by atoms with Gasteiger partial charge in [0.25, 0.3) is 0 Å². The van der Waals surface area contributed by atoms with Crippen LogP contribution in [-0.2, 0) is 0 Å². The molecule has 0 aromatic carbocycles. The van der Waals surface area contributed by atoms with Crippen LogP contribution in [0.15, 0.2) is 0 Å². The Morgan fingerprint density at radius 1 is 0.812 bits per heavy atom. The van der Waals surface area contributed by atoms with E-state index in [4.69, 9.17) is 0 Å². The van der Waals surface area contributed by atoms with Gasteiger partial charge in [0, 0.05) is 6.04 Å². The van der Waals surface area contributed by atoms with Crippen molar-refractivity contribution in [2.75, 3.05) is 13.1 Å². The van der Waals surface area contributed by atoms with Crippen molar-refractivity contribution in [3.63, 3.8) is 0 Å². The van der Waals surface area contributed by atoms with E-state index in [0.29, 0.717) is 0 Å². The first-order valence-corrected chi connectivity index (χ1v) is 7.58. The Hall–Kier alpha value is -0.0400. The Morgan fingerprint density at radius 3 is 2.06 bits per heavy atom. The number of likely N-dealkylation sites (tertiary alicyclic amines) is 1. The van der Waals surface area contributed by atoms with Crippen LogP contribution in [0, 0.1) is 17.8 Å². The maximum absolute atomic E-state index is 2.84. The molecule has 2 saturated carbocycles. The third-order valence-corrected chi connectivity index (χ3v) is 5.58. The van der Waals surface area contributed by atoms with Crippen molar-refractivity contribution in [1.82, 2.24) is 4.90 Å². The van der Waals surface area contributed by atoms with Crippen LogP contribution in [0.3, 0.4) is 0 Å². The SMILES string of the molecule is CC1CCN(C2CCC2C2CCCC2)CC1. The predicted molar refractivity (Wildman–Crippen MR) is 68.4 cm³/mol. The molecular weight excluding hydrogens is 194 g/mol. The van der Waals surface area contributed by atoms with Crippen LogP contribution in [0.4, 0.5) is 0 Å². The first kappa shape index (κ1) is 11.1. The maximum Gasteiger partial charge on any atom is 0.0126 e. The zero-order chi connectivity index (χ0) is 11.0. The normalized spacial score (nSPS) is 38.8. The Labute approximate surface area is 101 Å². The highest BCUT2D eigenvalue weighted by Gasteiger charge is 2.41. The zero-order valence-corrected chi connectivity index (χ0v) is 10.8. The van der Waals surface area contributed by atoms with Crippen molar-refractivity contribution < 1.29 is 0 Å². The van der Waals surface area contributed by atoms with Gasteiger partial charge in [-0.3, -0.25) is 0 Å². The molecule has 0 aromatic heterocycles. The fourth-order valence-electron chi connectivity index (χ4n) is 4.26. The van der Waals surface area contributed by atoms with Crippen LogP contribution in [0.2, 0.25) is 0 Å². The molecule has 1 aliphatic heterocycles. The van der Waals surface area contributed by atoms with Crippen LogP contribution in [0.1, 0.15) is 58.3 Å². The lowest BCUT2D eigenvalue weighted by atomic mass is 9.69. The minimum absolute atomic E-state index is 0.987. The second-order valence-electron chi connectivity index (χ2n) is 6.57. The Kier molecular flexibility index (Phi) is 3.24. The van der Waals surface area contributed by atoms with Crippen molar-refractivity contribution in [2.24, 2.45) is 17.8 Å². The lowest BCUT2D eigenvalue weighted by Crippen LogP contribution is -2.51. The van der Waals surface area contributed by atoms with Gasteiger partial charge in [0.2, 0.25) is 0 Å². The maximum atomic E-state index is 2.84. The highest BCUT2D eigenvalue weighted by Crippen LogP contribution is 2.45. The molecule has 2 aliphatic carbocycles. The first-order valence-electron chi connectivity index (χ1n) is 7.58. The summed E-state index contributed by atoms with van der Waals surface area (Å²) >= 11 is 0. The molecule has 0 aromatic rings. The molecule has 2 unspecified atom stereocenters. The van der Waals surface area contributed by atoms with Crippen LogP contribution >= 0.6 is 0 Å². The van der Waals surface area contributed by atoms with E-state index in [1.807, 2.05) is 0 Å². The minimum atomic E-state index is 0.987. The topological polar surface area (TPSA) is 3.24 Å². The summed E-state index contributed by atoms with van der Waals surface area (Å²) < 4.78 is 0. The summed E-state index contributed by atoms with van der Waals surface area (Å²) in [5.74, 6) is 3.19. The van der Waals surface area contributed by atoms with Gasteiger partial charge >= 0.3 is 0 Å². The molecule has 0 amide bonds. The second kappa shape index (κ2) is 4.68. The third kappa shape index (κ3) is 2.03. The number of hydrogen-bond acceptors (Lipinski definition) is 1. The van der Waals surface area contributed by atoms with E-state index in [0.717, 1.165) is 23.8 Å². The van der Waals surface area contributed by atoms with Crippen LogP contribution in [0.25, 0.3) is 0 Å². The van der Waals surface area contributed by atoms with E-state index < -0.39 is 0 Å². The summed E-state index contributed by atoms with van der Waals surface area (Å²) in [6.45, 7) is 5.22. The van der Waals surface area contributed by atoms with Crippen LogP contribution in [-0.4, -0.2) is 24.0 Å². The molecule has 3 fully saturated rings. The number of rotatable bonds is 2. The smallest absolute Gasteiger partial charge is 0.0126 e. The van der Waals surface area contributed by atoms with E-state index in [2.05, 4.69) is 11.8 Å². The molecule has 3 aliphatic rings. The van der Waals surface area contributed by atoms with Gasteiger partial charge in [0.1, 0.15) is 0 Å². The average molecular weight is 221 g/mol. The van der Waals surface area contributed by atoms with Crippen LogP contribution in [0.5, 0.6) is 0 Å². The molecule has 2 atom stereocenters. The highest BCUT2D eigenvalue weighted by molar-refractivity contribution is 4.94. The zero-order valence-electron chi connectivity index (χ0n) is 10.8. The molecule has 92 valence electrons. The first-order chi connectivity index (χ1) is 7.84. The minimum Gasteiger partial charge on any atom is -0.300 e. The Bertz CT molecular complexity index is 224. The molecule has 0 spiro atoms. The standard InChI is InChI=1S/C15H27N/c1-12-8-10-16(11-9-12)15-7-6-14(15)13-4-2-3-5-13/h12-15H,2-11H2,1H3. The van der Waals surface area contributed by atoms with Crippen molar-refractivity contribution in [3.05, 3.63) is 0 Å². The van der Waals surface area contributed by atoms with Gasteiger partial charge in [-0.15, -0.1) is 0 Å². The molecule has 0 radical (unpaired) electrons. The summed E-state index contributed by atoms with van der Waals surface area (Å²) in [4.78, 5) is 2.84. The van der Waals surface area contributed by atoms with Crippen molar-refractivity contribution in [3.8, 4) is 0 Å². The number of hydrogen-bond donors (Lipinski definition) is 0. The fourth-order valence-corrected chi connectivity index (χ4v) is 4.26. The lowest BCUT2D eigenvalue weighted by molar-refractivity contribution is 0.00858. The van der Waals surface area contributed by atoms with Crippen LogP contribution < -0.4 is 0 Å². The molecule has 1 heteroatoms. The average Bonchev–Trinajstić information content (AvgIpc) is 2.73. The Balaban J connectivity index is 1.54. The van der Waals surface area contributed by atoms with Gasteiger partial charge in [0.15, 0.2) is 0 Å². The summed E-state index contributed by atoms with van der Waals surface area (Å²) in [6.07, 6.45) is 12.1. The Morgan fingerprint density at radius 2 is 1.50 bits per heavy atom. The number of piperidine rings is 1. The van der Waals surface area contributed by atoms with E-state index in [1.54, 1.807) is 19.3 Å². The number of nitrogens with zero attached hydrogens (tertiary/aromatic N) is 1. The van der Waals surface area contributed by atoms with Crippen molar-refractivity contribution in [1.29, 1.82) is 0 Å². The van der Waals surface area contributed by atoms with Crippen molar-refractivity contribution in [2.45, 2.75) is 64.3 Å². The van der Waals surface area contributed by atoms with E-state index >= 15 is 0 Å². The molecule has 1 nitrogen and oxygen atoms in total. The monoisotopic (exact) mass is 221 g/mol. The van der Waals surface area contributed by atoms with Gasteiger partial charge in [-0.1, -0.05) is 32.6 Å². The van der Waals surface area contributed by atoms with Gasteiger partial charge in [-0.2, -0.15) is 0 Å². The quantitative estimate of drug-likeness (QED) is 0.687. The second-order valence-corrected chi connectivity index (χ2v) is 6.57. The largest absolute Gasteiger partial charge is 0.300 e. The third-order valence-electron chi connectivity index (χ3n) is 5.58. The molecule has 1 heterocycles. The molecule has 16 heavy (non-hydrogen) atoms. The van der Waals surface area contributed by atoms with E-state index in [9.17, 15) is 0 Å². The summed E-state index contributed by atoms with van der Waals surface area (Å²) in [5.41, 5.74) is 0. The predicted octanol–water partition coefficient (Wildman–Crippen LogP) is 3.69. The lowest BCUT2D eigenvalue weighted by Gasteiger charge is -2.49. The molecular formula is C15H27N. The van der Waals surface area contributed by atoms with E-state index in [-0.39, 0.29) is 0 Å². The van der Waals surface area contributed by atoms with Gasteiger partial charge in [0.05, 0.1) is 0 Å². The van der Waals surface area contributed by atoms with Gasteiger partial charge < -0.3 is 4.90 Å². The molecule has 3 rings (SSSR count). The molecule has 1 saturated heterocycles. The molecule has 0 bridgehead atoms. The van der Waals surface area contributed by atoms with E-state index in [1.165, 1.54) is 45.2 Å². The fraction of sp³-hybridized carbons (Fsp3) is 1.00. The molecule has 0 N–H and O–H groups in total. The summed E-state index contributed by atoms with van der Waals surface area (Å²) in [6, 6.07) is 0.996. The summed E-state index contributed by atoms with van der Waals surface area (Å²) in [7, 11) is 0.